The first-order valence-corrected chi connectivity index (χ1v) is 17.8. The number of carbonyl (C=O) groups is 4. The quantitative estimate of drug-likeness (QED) is 0.0351. The van der Waals surface area contributed by atoms with Crippen molar-refractivity contribution in [1.82, 2.24) is 10.6 Å². The molecule has 2 unspecified atom stereocenters. The average Bonchev–Trinajstić information content (AvgIpc) is 3.07. The van der Waals surface area contributed by atoms with Crippen LogP contribution in [0.15, 0.2) is 72.9 Å². The number of carboxylic acid groups (broad SMARTS) is 1. The van der Waals surface area contributed by atoms with Crippen LogP contribution in [0.2, 0.25) is 0 Å². The molecule has 0 aliphatic rings. The van der Waals surface area contributed by atoms with Gasteiger partial charge < -0.3 is 25.6 Å². The lowest BCUT2D eigenvalue weighted by molar-refractivity contribution is -0.147. The minimum absolute atomic E-state index is 0.169. The summed E-state index contributed by atoms with van der Waals surface area (Å²) in [5.74, 6) is -2.49. The van der Waals surface area contributed by atoms with Gasteiger partial charge in [-0.25, -0.2) is 4.79 Å². The van der Waals surface area contributed by atoms with Gasteiger partial charge in [0.1, 0.15) is 12.1 Å². The maximum absolute atomic E-state index is 12.6. The van der Waals surface area contributed by atoms with Crippen LogP contribution in [0, 0.1) is 0 Å². The number of aliphatic carboxylic acids is 1. The molecule has 0 bridgehead atoms. The molecule has 0 aromatic carbocycles. The Bertz CT molecular complexity index is 1040. The molecule has 0 aromatic heterocycles. The molecule has 0 fully saturated rings. The monoisotopic (exact) mass is 670 g/mol. The van der Waals surface area contributed by atoms with Gasteiger partial charge in [-0.15, -0.1) is 0 Å². The van der Waals surface area contributed by atoms with Gasteiger partial charge in [-0.3, -0.25) is 14.4 Å². The second-order valence-electron chi connectivity index (χ2n) is 11.5. The number of aliphatic hydroxyl groups is 1. The van der Waals surface area contributed by atoms with Crippen molar-refractivity contribution in [1.29, 1.82) is 0 Å². The molecule has 0 aliphatic heterocycles. The molecule has 2 atom stereocenters. The van der Waals surface area contributed by atoms with Crippen molar-refractivity contribution in [3.8, 4) is 0 Å². The van der Waals surface area contributed by atoms with E-state index < -0.39 is 24.5 Å². The summed E-state index contributed by atoms with van der Waals surface area (Å²) in [6, 6.07) is -1.40. The van der Waals surface area contributed by atoms with E-state index in [1.807, 2.05) is 12.2 Å². The van der Waals surface area contributed by atoms with Crippen molar-refractivity contribution < 1.29 is 34.1 Å². The lowest BCUT2D eigenvalue weighted by atomic mass is 10.1. The second-order valence-corrected chi connectivity index (χ2v) is 11.5. The zero-order chi connectivity index (χ0) is 35.5. The Balaban J connectivity index is 4.45. The van der Waals surface area contributed by atoms with Crippen molar-refractivity contribution in [3.63, 3.8) is 0 Å². The van der Waals surface area contributed by atoms with Crippen LogP contribution >= 0.6 is 0 Å². The lowest BCUT2D eigenvalue weighted by Crippen LogP contribution is -2.47. The SMILES string of the molecule is CC/C=C\C/C=C\C/C=C\CCCCCC(=O)OC(/C=C\C/C=C\C/C=C\CC)CCCCCCC(=O)NCC(=O)NC(CO)C(=O)O. The standard InChI is InChI=1S/C39H62N2O7/c1-3-5-7-9-11-13-14-15-16-17-19-21-27-31-38(45)48-34(28-24-20-18-12-10-8-6-4-2)29-25-22-23-26-30-36(43)40-32-37(44)41-35(33-42)39(46)47/h5-8,11-13,15-16,18,24,28,34-35,42H,3-4,9-10,14,17,19-23,25-27,29-33H2,1-2H3,(H,40,43)(H,41,44)(H,46,47)/b7-5-,8-6-,13-11-,16-15-,18-12-,28-24-. The Morgan fingerprint density at radius 3 is 1.79 bits per heavy atom. The Morgan fingerprint density at radius 1 is 0.646 bits per heavy atom. The van der Waals surface area contributed by atoms with E-state index in [1.54, 1.807) is 0 Å². The van der Waals surface area contributed by atoms with Gasteiger partial charge in [0.15, 0.2) is 0 Å². The van der Waals surface area contributed by atoms with E-state index in [-0.39, 0.29) is 30.9 Å². The number of carboxylic acids is 1. The van der Waals surface area contributed by atoms with Crippen LogP contribution in [0.1, 0.15) is 123 Å². The van der Waals surface area contributed by atoms with Crippen LogP contribution in [-0.2, 0) is 23.9 Å². The number of unbranched alkanes of at least 4 members (excludes halogenated alkanes) is 6. The summed E-state index contributed by atoms with van der Waals surface area (Å²) in [5.41, 5.74) is 0. The van der Waals surface area contributed by atoms with Gasteiger partial charge in [0.2, 0.25) is 11.8 Å². The van der Waals surface area contributed by atoms with E-state index >= 15 is 0 Å². The highest BCUT2D eigenvalue weighted by Crippen LogP contribution is 2.14. The van der Waals surface area contributed by atoms with Crippen LogP contribution in [0.5, 0.6) is 0 Å². The summed E-state index contributed by atoms with van der Waals surface area (Å²) >= 11 is 0. The summed E-state index contributed by atoms with van der Waals surface area (Å²) in [5, 5.41) is 22.4. The Labute approximate surface area is 289 Å². The molecule has 0 aromatic rings. The highest BCUT2D eigenvalue weighted by molar-refractivity contribution is 5.87. The molecular weight excluding hydrogens is 608 g/mol. The van der Waals surface area contributed by atoms with Gasteiger partial charge in [0.25, 0.3) is 0 Å². The maximum atomic E-state index is 12.6. The fourth-order valence-electron chi connectivity index (χ4n) is 4.48. The smallest absolute Gasteiger partial charge is 0.328 e. The molecule has 0 saturated carbocycles. The highest BCUT2D eigenvalue weighted by Gasteiger charge is 2.18. The number of aliphatic hydroxyl groups excluding tert-OH is 1. The minimum Gasteiger partial charge on any atom is -0.480 e. The van der Waals surface area contributed by atoms with E-state index in [2.05, 4.69) is 85.2 Å². The summed E-state index contributed by atoms with van der Waals surface area (Å²) in [6.45, 7) is 3.17. The molecule has 0 aliphatic carbocycles. The van der Waals surface area contributed by atoms with Gasteiger partial charge in [0, 0.05) is 12.8 Å². The molecule has 0 heterocycles. The molecular formula is C39H62N2O7. The van der Waals surface area contributed by atoms with Crippen molar-refractivity contribution in [3.05, 3.63) is 72.9 Å². The Kier molecular flexibility index (Phi) is 30.6. The number of allylic oxidation sites excluding steroid dienone is 11. The van der Waals surface area contributed by atoms with Gasteiger partial charge in [-0.1, -0.05) is 99.9 Å². The predicted octanol–water partition coefficient (Wildman–Crippen LogP) is 7.58. The predicted molar refractivity (Wildman–Crippen MR) is 194 cm³/mol. The molecule has 0 radical (unpaired) electrons. The largest absolute Gasteiger partial charge is 0.480 e. The highest BCUT2D eigenvalue weighted by atomic mass is 16.5. The number of carbonyl (C=O) groups excluding carboxylic acids is 3. The minimum atomic E-state index is -1.40. The first kappa shape index (κ1) is 44.3. The molecule has 0 spiro atoms. The Hall–Kier alpha value is -3.72. The summed E-state index contributed by atoms with van der Waals surface area (Å²) in [6.07, 6.45) is 39.5. The van der Waals surface area contributed by atoms with Gasteiger partial charge >= 0.3 is 11.9 Å². The van der Waals surface area contributed by atoms with Gasteiger partial charge in [0.05, 0.1) is 13.2 Å². The number of nitrogens with one attached hydrogen (secondary N) is 2. The fourth-order valence-corrected chi connectivity index (χ4v) is 4.48. The average molecular weight is 671 g/mol. The summed E-state index contributed by atoms with van der Waals surface area (Å²) < 4.78 is 5.82. The zero-order valence-electron chi connectivity index (χ0n) is 29.5. The normalized spacial score (nSPS) is 13.4. The molecule has 9 heteroatoms. The van der Waals surface area contributed by atoms with Crippen LogP contribution in [0.4, 0.5) is 0 Å². The zero-order valence-corrected chi connectivity index (χ0v) is 29.5. The van der Waals surface area contributed by atoms with Crippen LogP contribution in [0.3, 0.4) is 0 Å². The number of hydrogen-bond acceptors (Lipinski definition) is 6. The molecule has 0 rings (SSSR count). The van der Waals surface area contributed by atoms with Gasteiger partial charge in [-0.05, 0) is 83.1 Å². The van der Waals surface area contributed by atoms with Crippen molar-refractivity contribution >= 4 is 23.8 Å². The first-order chi connectivity index (χ1) is 23.3. The van der Waals surface area contributed by atoms with Crippen molar-refractivity contribution in [2.45, 2.75) is 135 Å². The van der Waals surface area contributed by atoms with Gasteiger partial charge in [-0.2, -0.15) is 0 Å². The molecule has 9 nitrogen and oxygen atoms in total. The Morgan fingerprint density at radius 2 is 1.19 bits per heavy atom. The van der Waals surface area contributed by atoms with Crippen LogP contribution in [0.25, 0.3) is 0 Å². The number of hydrogen-bond donors (Lipinski definition) is 4. The topological polar surface area (TPSA) is 142 Å². The van der Waals surface area contributed by atoms with E-state index in [9.17, 15) is 19.2 Å². The fraction of sp³-hybridized carbons (Fsp3) is 0.590. The molecule has 48 heavy (non-hydrogen) atoms. The van der Waals surface area contributed by atoms with E-state index in [1.165, 1.54) is 0 Å². The third kappa shape index (κ3) is 29.7. The number of ether oxygens (including phenoxy) is 1. The lowest BCUT2D eigenvalue weighted by Gasteiger charge is -2.15. The van der Waals surface area contributed by atoms with Crippen molar-refractivity contribution in [2.75, 3.05) is 13.2 Å². The summed E-state index contributed by atoms with van der Waals surface area (Å²) in [7, 11) is 0. The van der Waals surface area contributed by atoms with Crippen LogP contribution < -0.4 is 10.6 Å². The van der Waals surface area contributed by atoms with E-state index in [0.29, 0.717) is 19.3 Å². The van der Waals surface area contributed by atoms with E-state index in [0.717, 1.165) is 83.5 Å². The number of amides is 2. The first-order valence-electron chi connectivity index (χ1n) is 17.8. The third-order valence-electron chi connectivity index (χ3n) is 7.18. The number of esters is 1. The van der Waals surface area contributed by atoms with Crippen molar-refractivity contribution in [2.24, 2.45) is 0 Å². The number of rotatable bonds is 30. The molecule has 4 N–H and O–H groups in total. The molecule has 2 amide bonds. The molecule has 0 saturated heterocycles. The second kappa shape index (κ2) is 33.2. The maximum Gasteiger partial charge on any atom is 0.328 e. The van der Waals surface area contributed by atoms with Crippen LogP contribution in [-0.4, -0.2) is 59.3 Å². The molecule has 270 valence electrons. The third-order valence-corrected chi connectivity index (χ3v) is 7.18. The van der Waals surface area contributed by atoms with E-state index in [4.69, 9.17) is 14.9 Å². The summed E-state index contributed by atoms with van der Waals surface area (Å²) in [4.78, 5) is 47.3.